The Morgan fingerprint density at radius 2 is 2.03 bits per heavy atom. The number of nitro benzene ring substituents is 1. The largest absolute Gasteiger partial charge is 0.419 e. The highest BCUT2D eigenvalue weighted by atomic mass is 35.5. The molecule has 4 rings (SSSR count). The van der Waals surface area contributed by atoms with Gasteiger partial charge in [-0.25, -0.2) is 9.48 Å². The quantitative estimate of drug-likeness (QED) is 0.287. The Kier molecular flexibility index (Phi) is 6.47. The molecular formula is C21H17Cl2N5O5. The maximum atomic E-state index is 12.4. The van der Waals surface area contributed by atoms with Gasteiger partial charge in [0.2, 0.25) is 5.91 Å². The molecule has 2 heterocycles. The molecule has 0 bridgehead atoms. The van der Waals surface area contributed by atoms with Crippen molar-refractivity contribution in [1.82, 2.24) is 14.3 Å². The molecule has 170 valence electrons. The first-order valence-electron chi connectivity index (χ1n) is 9.86. The van der Waals surface area contributed by atoms with E-state index in [0.29, 0.717) is 34.3 Å². The van der Waals surface area contributed by atoms with E-state index >= 15 is 0 Å². The molecule has 0 spiro atoms. The number of nitro groups is 1. The molecule has 33 heavy (non-hydrogen) atoms. The van der Waals surface area contributed by atoms with E-state index in [0.717, 1.165) is 5.56 Å². The highest BCUT2D eigenvalue weighted by molar-refractivity contribution is 6.42. The van der Waals surface area contributed by atoms with Gasteiger partial charge in [0.05, 0.1) is 39.3 Å². The summed E-state index contributed by atoms with van der Waals surface area (Å²) in [4.78, 5) is 34.9. The number of nitrogens with zero attached hydrogens (tertiary/aromatic N) is 4. The molecule has 0 aliphatic carbocycles. The second-order valence-electron chi connectivity index (χ2n) is 7.17. The summed E-state index contributed by atoms with van der Waals surface area (Å²) in [7, 11) is 0. The average molecular weight is 490 g/mol. The summed E-state index contributed by atoms with van der Waals surface area (Å²) in [5.41, 5.74) is 1.15. The summed E-state index contributed by atoms with van der Waals surface area (Å²) in [5, 5.41) is 18.8. The topological polar surface area (TPSA) is 125 Å². The lowest BCUT2D eigenvalue weighted by Crippen LogP contribution is -2.18. The first-order valence-corrected chi connectivity index (χ1v) is 10.6. The molecule has 2 aromatic carbocycles. The number of anilines is 1. The lowest BCUT2D eigenvalue weighted by molar-refractivity contribution is -0.384. The van der Waals surface area contributed by atoms with Gasteiger partial charge in [-0.05, 0) is 24.1 Å². The van der Waals surface area contributed by atoms with Crippen molar-refractivity contribution in [2.24, 2.45) is 0 Å². The van der Waals surface area contributed by atoms with Gasteiger partial charge in [-0.1, -0.05) is 35.3 Å². The first-order chi connectivity index (χ1) is 15.8. The maximum absolute atomic E-state index is 12.4. The number of carbonyl (C=O) groups is 1. The Morgan fingerprint density at radius 3 is 2.82 bits per heavy atom. The van der Waals surface area contributed by atoms with Gasteiger partial charge in [-0.2, -0.15) is 5.10 Å². The number of rotatable bonds is 8. The van der Waals surface area contributed by atoms with Crippen molar-refractivity contribution in [3.8, 4) is 0 Å². The third kappa shape index (κ3) is 4.91. The van der Waals surface area contributed by atoms with Crippen molar-refractivity contribution >= 4 is 51.7 Å². The van der Waals surface area contributed by atoms with Crippen molar-refractivity contribution in [2.75, 3.05) is 5.32 Å². The van der Waals surface area contributed by atoms with Gasteiger partial charge in [-0.3, -0.25) is 19.5 Å². The molecule has 0 aliphatic rings. The average Bonchev–Trinajstić information content (AvgIpc) is 3.34. The zero-order chi connectivity index (χ0) is 23.5. The Hall–Kier alpha value is -3.63. The fourth-order valence-electron chi connectivity index (χ4n) is 3.38. The Bertz CT molecular complexity index is 1410. The number of amides is 1. The van der Waals surface area contributed by atoms with Crippen LogP contribution in [-0.2, 0) is 17.9 Å². The number of aromatic nitrogens is 3. The minimum atomic E-state index is -0.637. The highest BCUT2D eigenvalue weighted by Crippen LogP contribution is 2.27. The van der Waals surface area contributed by atoms with Crippen LogP contribution in [0.1, 0.15) is 18.4 Å². The van der Waals surface area contributed by atoms with Crippen molar-refractivity contribution in [3.05, 3.63) is 84.9 Å². The first kappa shape index (κ1) is 22.6. The third-order valence-electron chi connectivity index (χ3n) is 4.98. The van der Waals surface area contributed by atoms with E-state index in [2.05, 4.69) is 10.4 Å². The van der Waals surface area contributed by atoms with Crippen molar-refractivity contribution in [1.29, 1.82) is 0 Å². The van der Waals surface area contributed by atoms with E-state index in [9.17, 15) is 19.7 Å². The standard InChI is InChI=1S/C21H17Cl2N5O5/c22-15-4-1-3-13(20(15)23)12-27-18(8-9-24-27)25-19(29)5-2-10-26-16-7-6-14(28(31)32)11-17(16)33-21(26)30/h1,3-4,6-9,11H,2,5,10,12H2,(H,25,29). The van der Waals surface area contributed by atoms with Gasteiger partial charge in [0.1, 0.15) is 5.82 Å². The SMILES string of the molecule is O=C(CCCn1c(=O)oc2cc([N+](=O)[O-])ccc21)Nc1ccnn1Cc1cccc(Cl)c1Cl. The van der Waals surface area contributed by atoms with Gasteiger partial charge in [-0.15, -0.1) is 0 Å². The van der Waals surface area contributed by atoms with Crippen LogP contribution in [0.15, 0.2) is 57.9 Å². The van der Waals surface area contributed by atoms with Crippen LogP contribution in [0, 0.1) is 10.1 Å². The number of hydrogen-bond donors (Lipinski definition) is 1. The maximum Gasteiger partial charge on any atom is 0.419 e. The van der Waals surface area contributed by atoms with Gasteiger partial charge < -0.3 is 9.73 Å². The van der Waals surface area contributed by atoms with E-state index in [-0.39, 0.29) is 30.1 Å². The second kappa shape index (κ2) is 9.47. The van der Waals surface area contributed by atoms with E-state index < -0.39 is 10.7 Å². The Morgan fingerprint density at radius 1 is 1.21 bits per heavy atom. The second-order valence-corrected chi connectivity index (χ2v) is 7.95. The molecule has 0 atom stereocenters. The number of oxazole rings is 1. The van der Waals surface area contributed by atoms with E-state index in [1.807, 2.05) is 6.07 Å². The number of hydrogen-bond acceptors (Lipinski definition) is 6. The molecule has 1 amide bonds. The van der Waals surface area contributed by atoms with Crippen LogP contribution in [-0.4, -0.2) is 25.2 Å². The van der Waals surface area contributed by atoms with Gasteiger partial charge in [0.15, 0.2) is 5.58 Å². The lowest BCUT2D eigenvalue weighted by atomic mass is 10.2. The zero-order valence-electron chi connectivity index (χ0n) is 17.0. The normalized spacial score (nSPS) is 11.1. The molecule has 4 aromatic rings. The number of fused-ring (bicyclic) bond motifs is 1. The molecule has 0 aliphatic heterocycles. The van der Waals surface area contributed by atoms with Crippen LogP contribution < -0.4 is 11.1 Å². The van der Waals surface area contributed by atoms with Crippen LogP contribution in [0.2, 0.25) is 10.0 Å². The van der Waals surface area contributed by atoms with Crippen molar-refractivity contribution < 1.29 is 14.1 Å². The molecule has 2 aromatic heterocycles. The Balaban J connectivity index is 1.38. The number of non-ortho nitro benzene ring substituents is 1. The van der Waals surface area contributed by atoms with Crippen LogP contribution in [0.25, 0.3) is 11.1 Å². The number of carbonyl (C=O) groups excluding carboxylic acids is 1. The van der Waals surface area contributed by atoms with E-state index in [4.69, 9.17) is 27.6 Å². The molecule has 12 heteroatoms. The minimum absolute atomic E-state index is 0.127. The van der Waals surface area contributed by atoms with Gasteiger partial charge in [0.25, 0.3) is 5.69 Å². The summed E-state index contributed by atoms with van der Waals surface area (Å²) in [6, 6.07) is 10.9. The predicted octanol–water partition coefficient (Wildman–Crippen LogP) is 4.47. The summed E-state index contributed by atoms with van der Waals surface area (Å²) in [6.45, 7) is 0.541. The number of benzene rings is 2. The zero-order valence-corrected chi connectivity index (χ0v) is 18.5. The van der Waals surface area contributed by atoms with Gasteiger partial charge >= 0.3 is 5.76 Å². The molecule has 0 unspecified atom stereocenters. The summed E-state index contributed by atoms with van der Waals surface area (Å²) >= 11 is 12.3. The fourth-order valence-corrected chi connectivity index (χ4v) is 3.76. The summed E-state index contributed by atoms with van der Waals surface area (Å²) < 4.78 is 8.03. The molecule has 0 saturated heterocycles. The molecule has 10 nitrogen and oxygen atoms in total. The predicted molar refractivity (Wildman–Crippen MR) is 123 cm³/mol. The molecule has 0 radical (unpaired) electrons. The van der Waals surface area contributed by atoms with Gasteiger partial charge in [0, 0.05) is 25.1 Å². The van der Waals surface area contributed by atoms with Crippen LogP contribution in [0.3, 0.4) is 0 Å². The summed E-state index contributed by atoms with van der Waals surface area (Å²) in [6.07, 6.45) is 2.05. The number of nitrogens with one attached hydrogen (secondary N) is 1. The third-order valence-corrected chi connectivity index (χ3v) is 5.84. The molecule has 0 saturated carbocycles. The number of halogens is 2. The molecular weight excluding hydrogens is 473 g/mol. The molecule has 0 fully saturated rings. The van der Waals surface area contributed by atoms with Crippen molar-refractivity contribution in [2.45, 2.75) is 25.9 Å². The van der Waals surface area contributed by atoms with E-state index in [1.165, 1.54) is 22.8 Å². The van der Waals surface area contributed by atoms with Crippen LogP contribution in [0.4, 0.5) is 11.5 Å². The molecule has 1 N–H and O–H groups in total. The fraction of sp³-hybridized carbons (Fsp3) is 0.190. The van der Waals surface area contributed by atoms with Crippen LogP contribution >= 0.6 is 23.2 Å². The minimum Gasteiger partial charge on any atom is -0.407 e. The van der Waals surface area contributed by atoms with E-state index in [1.54, 1.807) is 29.1 Å². The highest BCUT2D eigenvalue weighted by Gasteiger charge is 2.15. The number of aryl methyl sites for hydroxylation is 1. The lowest BCUT2D eigenvalue weighted by Gasteiger charge is -2.11. The monoisotopic (exact) mass is 489 g/mol. The van der Waals surface area contributed by atoms with Crippen molar-refractivity contribution in [3.63, 3.8) is 0 Å². The Labute approximate surface area is 196 Å². The smallest absolute Gasteiger partial charge is 0.407 e. The van der Waals surface area contributed by atoms with Crippen LogP contribution in [0.5, 0.6) is 0 Å². The summed E-state index contributed by atoms with van der Waals surface area (Å²) in [5.74, 6) is -0.401.